The van der Waals surface area contributed by atoms with Crippen molar-refractivity contribution >= 4 is 11.4 Å². The van der Waals surface area contributed by atoms with Crippen LogP contribution in [0.2, 0.25) is 0 Å². The molecule has 0 heterocycles. The van der Waals surface area contributed by atoms with Gasteiger partial charge in [0.2, 0.25) is 0 Å². The standard InChI is InChI=1S/C14H14N2O2/c1-11-6-2-4-8-13(11)15-10-12-7-3-5-9-14(12)16(17)18/h2-9,15H,10H2,1H3. The zero-order chi connectivity index (χ0) is 13.0. The highest BCUT2D eigenvalue weighted by Crippen LogP contribution is 2.20. The number of para-hydroxylation sites is 2. The second-order valence-electron chi connectivity index (χ2n) is 4.05. The lowest BCUT2D eigenvalue weighted by Gasteiger charge is -2.09. The number of hydrogen-bond acceptors (Lipinski definition) is 3. The average molecular weight is 242 g/mol. The minimum Gasteiger partial charge on any atom is -0.380 e. The summed E-state index contributed by atoms with van der Waals surface area (Å²) in [6.07, 6.45) is 0. The summed E-state index contributed by atoms with van der Waals surface area (Å²) >= 11 is 0. The van der Waals surface area contributed by atoms with Crippen molar-refractivity contribution in [3.05, 3.63) is 69.8 Å². The van der Waals surface area contributed by atoms with Crippen LogP contribution in [0.1, 0.15) is 11.1 Å². The fourth-order valence-electron chi connectivity index (χ4n) is 1.80. The van der Waals surface area contributed by atoms with Gasteiger partial charge in [0.15, 0.2) is 0 Å². The Hall–Kier alpha value is -2.36. The Morgan fingerprint density at radius 2 is 1.78 bits per heavy atom. The SMILES string of the molecule is Cc1ccccc1NCc1ccccc1[N+](=O)[O-]. The van der Waals surface area contributed by atoms with E-state index >= 15 is 0 Å². The van der Waals surface area contributed by atoms with Gasteiger partial charge >= 0.3 is 0 Å². The first kappa shape index (κ1) is 12.1. The molecule has 18 heavy (non-hydrogen) atoms. The highest BCUT2D eigenvalue weighted by atomic mass is 16.6. The van der Waals surface area contributed by atoms with E-state index in [-0.39, 0.29) is 10.6 Å². The predicted octanol–water partition coefficient (Wildman–Crippen LogP) is 3.52. The van der Waals surface area contributed by atoms with Gasteiger partial charge in [-0.25, -0.2) is 0 Å². The summed E-state index contributed by atoms with van der Waals surface area (Å²) in [5, 5.41) is 14.1. The average Bonchev–Trinajstić information content (AvgIpc) is 2.38. The fraction of sp³-hybridized carbons (Fsp3) is 0.143. The zero-order valence-electron chi connectivity index (χ0n) is 10.1. The Kier molecular flexibility index (Phi) is 3.57. The maximum absolute atomic E-state index is 10.9. The molecule has 0 fully saturated rings. The first-order valence-electron chi connectivity index (χ1n) is 5.70. The zero-order valence-corrected chi connectivity index (χ0v) is 10.1. The van der Waals surface area contributed by atoms with Gasteiger partial charge in [-0.2, -0.15) is 0 Å². The number of nitrogens with one attached hydrogen (secondary N) is 1. The van der Waals surface area contributed by atoms with Crippen LogP contribution in [0, 0.1) is 17.0 Å². The molecule has 0 aliphatic heterocycles. The van der Waals surface area contributed by atoms with Crippen LogP contribution in [-0.4, -0.2) is 4.92 Å². The van der Waals surface area contributed by atoms with E-state index in [0.717, 1.165) is 11.3 Å². The minimum atomic E-state index is -0.352. The Morgan fingerprint density at radius 1 is 1.11 bits per heavy atom. The number of hydrogen-bond donors (Lipinski definition) is 1. The third-order valence-corrected chi connectivity index (χ3v) is 2.80. The van der Waals surface area contributed by atoms with Crippen LogP contribution in [-0.2, 0) is 6.54 Å². The van der Waals surface area contributed by atoms with Gasteiger partial charge < -0.3 is 5.32 Å². The van der Waals surface area contributed by atoms with Crippen LogP contribution in [0.4, 0.5) is 11.4 Å². The number of nitro groups is 1. The summed E-state index contributed by atoms with van der Waals surface area (Å²) in [6.45, 7) is 2.45. The second-order valence-corrected chi connectivity index (χ2v) is 4.05. The summed E-state index contributed by atoms with van der Waals surface area (Å²) in [4.78, 5) is 10.5. The normalized spacial score (nSPS) is 10.1. The van der Waals surface area contributed by atoms with E-state index < -0.39 is 0 Å². The van der Waals surface area contributed by atoms with Gasteiger partial charge in [-0.1, -0.05) is 36.4 Å². The number of nitrogens with zero attached hydrogens (tertiary/aromatic N) is 1. The topological polar surface area (TPSA) is 55.2 Å². The van der Waals surface area contributed by atoms with Crippen molar-refractivity contribution in [3.63, 3.8) is 0 Å². The van der Waals surface area contributed by atoms with Crippen LogP contribution in [0.15, 0.2) is 48.5 Å². The molecule has 2 aromatic rings. The molecular weight excluding hydrogens is 228 g/mol. The molecule has 4 heteroatoms. The molecule has 0 radical (unpaired) electrons. The fourth-order valence-corrected chi connectivity index (χ4v) is 1.80. The molecule has 0 aliphatic carbocycles. The molecule has 2 rings (SSSR count). The second kappa shape index (κ2) is 5.31. The van der Waals surface area contributed by atoms with E-state index in [0.29, 0.717) is 12.1 Å². The van der Waals surface area contributed by atoms with Crippen LogP contribution >= 0.6 is 0 Å². The van der Waals surface area contributed by atoms with Crippen molar-refractivity contribution in [3.8, 4) is 0 Å². The van der Waals surface area contributed by atoms with Gasteiger partial charge in [0, 0.05) is 23.9 Å². The molecule has 0 saturated heterocycles. The number of benzene rings is 2. The van der Waals surface area contributed by atoms with E-state index in [1.54, 1.807) is 12.1 Å². The Labute approximate surface area is 105 Å². The molecule has 2 aromatic carbocycles. The van der Waals surface area contributed by atoms with Crippen LogP contribution < -0.4 is 5.32 Å². The quantitative estimate of drug-likeness (QED) is 0.659. The minimum absolute atomic E-state index is 0.151. The Balaban J connectivity index is 2.16. The lowest BCUT2D eigenvalue weighted by atomic mass is 10.1. The van der Waals surface area contributed by atoms with E-state index in [1.165, 1.54) is 6.07 Å². The molecule has 1 N–H and O–H groups in total. The molecule has 0 aromatic heterocycles. The molecule has 0 aliphatic rings. The maximum Gasteiger partial charge on any atom is 0.274 e. The first-order valence-corrected chi connectivity index (χ1v) is 5.70. The third kappa shape index (κ3) is 2.66. The lowest BCUT2D eigenvalue weighted by Crippen LogP contribution is -2.03. The molecular formula is C14H14N2O2. The highest BCUT2D eigenvalue weighted by molar-refractivity contribution is 5.52. The van der Waals surface area contributed by atoms with Crippen molar-refractivity contribution in [2.75, 3.05) is 5.32 Å². The van der Waals surface area contributed by atoms with E-state index in [9.17, 15) is 10.1 Å². The molecule has 4 nitrogen and oxygen atoms in total. The van der Waals surface area contributed by atoms with Crippen LogP contribution in [0.5, 0.6) is 0 Å². The van der Waals surface area contributed by atoms with E-state index in [4.69, 9.17) is 0 Å². The highest BCUT2D eigenvalue weighted by Gasteiger charge is 2.11. The van der Waals surface area contributed by atoms with Gasteiger partial charge in [0.1, 0.15) is 0 Å². The molecule has 0 amide bonds. The number of anilines is 1. The predicted molar refractivity (Wildman–Crippen MR) is 71.6 cm³/mol. The van der Waals surface area contributed by atoms with Gasteiger partial charge in [0.05, 0.1) is 4.92 Å². The van der Waals surface area contributed by atoms with Crippen LogP contribution in [0.25, 0.3) is 0 Å². The van der Waals surface area contributed by atoms with Gasteiger partial charge in [-0.05, 0) is 18.6 Å². The summed E-state index contributed by atoms with van der Waals surface area (Å²) in [5.74, 6) is 0. The van der Waals surface area contributed by atoms with Gasteiger partial charge in [0.25, 0.3) is 5.69 Å². The first-order chi connectivity index (χ1) is 8.68. The van der Waals surface area contributed by atoms with Gasteiger partial charge in [-0.15, -0.1) is 0 Å². The van der Waals surface area contributed by atoms with Gasteiger partial charge in [-0.3, -0.25) is 10.1 Å². The summed E-state index contributed by atoms with van der Waals surface area (Å²) < 4.78 is 0. The van der Waals surface area contributed by atoms with Crippen molar-refractivity contribution in [2.24, 2.45) is 0 Å². The largest absolute Gasteiger partial charge is 0.380 e. The van der Waals surface area contributed by atoms with E-state index in [1.807, 2.05) is 37.3 Å². The maximum atomic E-state index is 10.9. The van der Waals surface area contributed by atoms with Crippen molar-refractivity contribution < 1.29 is 4.92 Å². The van der Waals surface area contributed by atoms with Crippen molar-refractivity contribution in [1.82, 2.24) is 0 Å². The molecule has 0 unspecified atom stereocenters. The van der Waals surface area contributed by atoms with Crippen molar-refractivity contribution in [2.45, 2.75) is 13.5 Å². The molecule has 0 spiro atoms. The third-order valence-electron chi connectivity index (χ3n) is 2.80. The van der Waals surface area contributed by atoms with Crippen LogP contribution in [0.3, 0.4) is 0 Å². The van der Waals surface area contributed by atoms with E-state index in [2.05, 4.69) is 5.32 Å². The summed E-state index contributed by atoms with van der Waals surface area (Å²) in [5.41, 5.74) is 2.95. The van der Waals surface area contributed by atoms with Crippen molar-refractivity contribution in [1.29, 1.82) is 0 Å². The number of rotatable bonds is 4. The summed E-state index contributed by atoms with van der Waals surface area (Å²) in [7, 11) is 0. The number of aryl methyl sites for hydroxylation is 1. The summed E-state index contributed by atoms with van der Waals surface area (Å²) in [6, 6.07) is 14.6. The number of nitro benzene ring substituents is 1. The smallest absolute Gasteiger partial charge is 0.274 e. The monoisotopic (exact) mass is 242 g/mol. The Bertz CT molecular complexity index is 567. The molecule has 0 saturated carbocycles. The lowest BCUT2D eigenvalue weighted by molar-refractivity contribution is -0.385. The molecule has 0 atom stereocenters. The molecule has 0 bridgehead atoms. The molecule has 92 valence electrons. The Morgan fingerprint density at radius 3 is 2.50 bits per heavy atom.